The summed E-state index contributed by atoms with van der Waals surface area (Å²) in [5.74, 6) is -0.0988. The van der Waals surface area contributed by atoms with Gasteiger partial charge >= 0.3 is 5.97 Å². The van der Waals surface area contributed by atoms with Gasteiger partial charge in [0.25, 0.3) is 0 Å². The Bertz CT molecular complexity index is 419. The summed E-state index contributed by atoms with van der Waals surface area (Å²) in [6.07, 6.45) is 2.20. The van der Waals surface area contributed by atoms with Gasteiger partial charge < -0.3 is 9.84 Å². The zero-order valence-corrected chi connectivity index (χ0v) is 7.78. The third kappa shape index (κ3) is 1.27. The first kappa shape index (κ1) is 8.81. The highest BCUT2D eigenvalue weighted by Crippen LogP contribution is 2.31. The van der Waals surface area contributed by atoms with Crippen LogP contribution in [0, 0.1) is 0 Å². The van der Waals surface area contributed by atoms with E-state index in [-0.39, 0.29) is 11.7 Å². The van der Waals surface area contributed by atoms with E-state index in [1.165, 1.54) is 7.11 Å². The maximum absolute atomic E-state index is 11.2. The second-order valence-electron chi connectivity index (χ2n) is 3.18. The number of carbonyl (C=O) groups is 1. The summed E-state index contributed by atoms with van der Waals surface area (Å²) in [5, 5.41) is 9.52. The molecule has 0 atom stereocenters. The summed E-state index contributed by atoms with van der Waals surface area (Å²) in [4.78, 5) is 11.2. The predicted molar refractivity (Wildman–Crippen MR) is 51.8 cm³/mol. The third-order valence-corrected chi connectivity index (χ3v) is 2.33. The topological polar surface area (TPSA) is 46.5 Å². The molecular formula is C11H10O3. The van der Waals surface area contributed by atoms with E-state index in [9.17, 15) is 9.90 Å². The first-order valence-corrected chi connectivity index (χ1v) is 4.32. The Hall–Kier alpha value is -1.77. The van der Waals surface area contributed by atoms with Gasteiger partial charge in [-0.05, 0) is 17.7 Å². The maximum atomic E-state index is 11.2. The number of carbonyl (C=O) groups excluding carboxylic acids is 1. The molecule has 0 saturated heterocycles. The molecule has 0 amide bonds. The van der Waals surface area contributed by atoms with Crippen LogP contribution < -0.4 is 0 Å². The van der Waals surface area contributed by atoms with Crippen LogP contribution in [0.5, 0.6) is 5.75 Å². The van der Waals surface area contributed by atoms with Crippen molar-refractivity contribution in [1.82, 2.24) is 0 Å². The van der Waals surface area contributed by atoms with Gasteiger partial charge in [0, 0.05) is 17.6 Å². The molecule has 0 radical (unpaired) electrons. The average Bonchev–Trinajstić information content (AvgIpc) is 2.62. The maximum Gasteiger partial charge on any atom is 0.334 e. The van der Waals surface area contributed by atoms with Crippen LogP contribution in [0.15, 0.2) is 23.8 Å². The molecule has 1 N–H and O–H groups in total. The quantitative estimate of drug-likeness (QED) is 0.683. The van der Waals surface area contributed by atoms with E-state index in [4.69, 9.17) is 0 Å². The highest BCUT2D eigenvalue weighted by Gasteiger charge is 2.20. The number of benzene rings is 1. The Morgan fingerprint density at radius 2 is 2.29 bits per heavy atom. The molecule has 0 aromatic heterocycles. The minimum Gasteiger partial charge on any atom is -0.508 e. The molecule has 0 aliphatic heterocycles. The standard InChI is InChI=1S/C11H10O3/c1-14-11(13)8-5-7-3-2-4-10(12)9(7)6-8/h2-5,12H,6H2,1H3. The predicted octanol–water partition coefficient (Wildman–Crippen LogP) is 1.50. The first-order chi connectivity index (χ1) is 6.72. The molecule has 2 rings (SSSR count). The Balaban J connectivity index is 2.37. The number of phenols is 1. The fourth-order valence-electron chi connectivity index (χ4n) is 1.61. The van der Waals surface area contributed by atoms with E-state index >= 15 is 0 Å². The van der Waals surface area contributed by atoms with Gasteiger partial charge in [0.05, 0.1) is 7.11 Å². The van der Waals surface area contributed by atoms with Crippen LogP contribution in [0.25, 0.3) is 6.08 Å². The Morgan fingerprint density at radius 3 is 2.93 bits per heavy atom. The number of ether oxygens (including phenoxy) is 1. The van der Waals surface area contributed by atoms with Gasteiger partial charge in [-0.25, -0.2) is 4.79 Å². The molecule has 3 heteroatoms. The number of aromatic hydroxyl groups is 1. The van der Waals surface area contributed by atoms with Crippen LogP contribution in [-0.4, -0.2) is 18.2 Å². The molecule has 1 aliphatic carbocycles. The molecule has 0 unspecified atom stereocenters. The largest absolute Gasteiger partial charge is 0.508 e. The van der Waals surface area contributed by atoms with Gasteiger partial charge in [-0.3, -0.25) is 0 Å². The summed E-state index contributed by atoms with van der Waals surface area (Å²) in [7, 11) is 1.35. The lowest BCUT2D eigenvalue weighted by Gasteiger charge is -2.01. The second kappa shape index (κ2) is 3.18. The summed E-state index contributed by atoms with van der Waals surface area (Å²) in [6.45, 7) is 0. The lowest BCUT2D eigenvalue weighted by atomic mass is 10.1. The molecule has 0 spiro atoms. The number of phenolic OH excluding ortho intramolecular Hbond substituents is 1. The molecule has 1 aromatic rings. The van der Waals surface area contributed by atoms with Gasteiger partial charge in [0.2, 0.25) is 0 Å². The van der Waals surface area contributed by atoms with Crippen LogP contribution in [0.3, 0.4) is 0 Å². The van der Waals surface area contributed by atoms with Crippen molar-refractivity contribution in [3.05, 3.63) is 34.9 Å². The van der Waals surface area contributed by atoms with E-state index in [0.29, 0.717) is 12.0 Å². The molecule has 1 aliphatic rings. The van der Waals surface area contributed by atoms with Crippen molar-refractivity contribution >= 4 is 12.0 Å². The number of hydrogen-bond donors (Lipinski definition) is 1. The summed E-state index contributed by atoms with van der Waals surface area (Å²) >= 11 is 0. The molecule has 14 heavy (non-hydrogen) atoms. The number of rotatable bonds is 1. The van der Waals surface area contributed by atoms with Crippen LogP contribution in [-0.2, 0) is 16.0 Å². The van der Waals surface area contributed by atoms with Crippen molar-refractivity contribution in [3.8, 4) is 5.75 Å². The fraction of sp³-hybridized carbons (Fsp3) is 0.182. The second-order valence-corrected chi connectivity index (χ2v) is 3.18. The van der Waals surface area contributed by atoms with Crippen molar-refractivity contribution in [1.29, 1.82) is 0 Å². The van der Waals surface area contributed by atoms with E-state index in [0.717, 1.165) is 11.1 Å². The van der Waals surface area contributed by atoms with Crippen LogP contribution in [0.4, 0.5) is 0 Å². The summed E-state index contributed by atoms with van der Waals surface area (Å²) in [5.41, 5.74) is 2.28. The van der Waals surface area contributed by atoms with Crippen LogP contribution in [0.2, 0.25) is 0 Å². The zero-order valence-electron chi connectivity index (χ0n) is 7.78. The average molecular weight is 190 g/mol. The SMILES string of the molecule is COC(=O)C1=Cc2cccc(O)c2C1. The molecular weight excluding hydrogens is 180 g/mol. The van der Waals surface area contributed by atoms with Gasteiger partial charge in [-0.15, -0.1) is 0 Å². The van der Waals surface area contributed by atoms with Crippen molar-refractivity contribution in [2.75, 3.05) is 7.11 Å². The lowest BCUT2D eigenvalue weighted by Crippen LogP contribution is -2.03. The molecule has 3 nitrogen and oxygen atoms in total. The first-order valence-electron chi connectivity index (χ1n) is 4.32. The van der Waals surface area contributed by atoms with E-state index in [1.54, 1.807) is 18.2 Å². The number of esters is 1. The highest BCUT2D eigenvalue weighted by atomic mass is 16.5. The smallest absolute Gasteiger partial charge is 0.334 e. The number of methoxy groups -OCH3 is 1. The number of fused-ring (bicyclic) bond motifs is 1. The van der Waals surface area contributed by atoms with Gasteiger partial charge in [-0.1, -0.05) is 12.1 Å². The Morgan fingerprint density at radius 1 is 1.50 bits per heavy atom. The Labute approximate surface area is 81.6 Å². The Kier molecular flexibility index (Phi) is 2.00. The number of hydrogen-bond acceptors (Lipinski definition) is 3. The van der Waals surface area contributed by atoms with Gasteiger partial charge in [0.15, 0.2) is 0 Å². The van der Waals surface area contributed by atoms with Gasteiger partial charge in [0.1, 0.15) is 5.75 Å². The summed E-state index contributed by atoms with van der Waals surface area (Å²) < 4.78 is 4.62. The van der Waals surface area contributed by atoms with Crippen molar-refractivity contribution < 1.29 is 14.6 Å². The van der Waals surface area contributed by atoms with Crippen molar-refractivity contribution in [2.24, 2.45) is 0 Å². The molecule has 0 fully saturated rings. The fourth-order valence-corrected chi connectivity index (χ4v) is 1.61. The van der Waals surface area contributed by atoms with Crippen molar-refractivity contribution in [2.45, 2.75) is 6.42 Å². The highest BCUT2D eigenvalue weighted by molar-refractivity contribution is 5.96. The molecule has 0 bridgehead atoms. The monoisotopic (exact) mass is 190 g/mol. The summed E-state index contributed by atoms with van der Waals surface area (Å²) in [6, 6.07) is 5.24. The molecule has 0 heterocycles. The zero-order chi connectivity index (χ0) is 10.1. The van der Waals surface area contributed by atoms with Crippen molar-refractivity contribution in [3.63, 3.8) is 0 Å². The van der Waals surface area contributed by atoms with Crippen LogP contribution in [0.1, 0.15) is 11.1 Å². The molecule has 72 valence electrons. The van der Waals surface area contributed by atoms with Gasteiger partial charge in [-0.2, -0.15) is 0 Å². The third-order valence-electron chi connectivity index (χ3n) is 2.33. The van der Waals surface area contributed by atoms with E-state index < -0.39 is 0 Å². The lowest BCUT2D eigenvalue weighted by molar-refractivity contribution is -0.136. The minimum atomic E-state index is -0.333. The normalized spacial score (nSPS) is 13.4. The molecule has 1 aromatic carbocycles. The minimum absolute atomic E-state index is 0.234. The van der Waals surface area contributed by atoms with E-state index in [1.807, 2.05) is 6.07 Å². The van der Waals surface area contributed by atoms with Crippen LogP contribution >= 0.6 is 0 Å². The molecule has 0 saturated carbocycles. The van der Waals surface area contributed by atoms with E-state index in [2.05, 4.69) is 4.74 Å².